The van der Waals surface area contributed by atoms with Crippen LogP contribution in [0, 0.1) is 23.2 Å². The quantitative estimate of drug-likeness (QED) is 0.683. The van der Waals surface area contributed by atoms with Crippen molar-refractivity contribution in [3.8, 4) is 0 Å². The molecule has 4 rings (SSSR count). The van der Waals surface area contributed by atoms with Crippen LogP contribution in [-0.4, -0.2) is 22.7 Å². The van der Waals surface area contributed by atoms with Gasteiger partial charge in [-0.1, -0.05) is 19.4 Å². The first-order chi connectivity index (χ1) is 11.6. The molecule has 0 aromatic heterocycles. The first-order valence-corrected chi connectivity index (χ1v) is 9.33. The van der Waals surface area contributed by atoms with Crippen LogP contribution in [0.3, 0.4) is 0 Å². The van der Waals surface area contributed by atoms with E-state index in [0.29, 0.717) is 25.7 Å². The van der Waals surface area contributed by atoms with Gasteiger partial charge in [-0.05, 0) is 73.5 Å². The van der Waals surface area contributed by atoms with Crippen molar-refractivity contribution in [1.29, 1.82) is 0 Å². The van der Waals surface area contributed by atoms with Crippen LogP contribution in [0.5, 0.6) is 0 Å². The molecule has 0 bridgehead atoms. The average Bonchev–Trinajstić information content (AvgIpc) is 2.79. The molecule has 138 valence electrons. The molecule has 0 aliphatic heterocycles. The van der Waals surface area contributed by atoms with Gasteiger partial charge in [0.1, 0.15) is 0 Å². The van der Waals surface area contributed by atoms with Crippen LogP contribution in [0.2, 0.25) is 0 Å². The van der Waals surface area contributed by atoms with Gasteiger partial charge in [0, 0.05) is 11.8 Å². The summed E-state index contributed by atoms with van der Waals surface area (Å²) in [5.74, 6) is 0.356. The van der Waals surface area contributed by atoms with E-state index in [4.69, 9.17) is 0 Å². The summed E-state index contributed by atoms with van der Waals surface area (Å²) in [4.78, 5) is 11.8. The number of hydrogen-bond donors (Lipinski definition) is 1. The molecule has 0 spiro atoms. The second kappa shape index (κ2) is 5.21. The highest BCUT2D eigenvalue weighted by molar-refractivity contribution is 5.93. The third-order valence-corrected chi connectivity index (χ3v) is 7.69. The fourth-order valence-electron chi connectivity index (χ4n) is 6.39. The minimum absolute atomic E-state index is 0.107. The minimum Gasteiger partial charge on any atom is -0.380 e. The van der Waals surface area contributed by atoms with Crippen LogP contribution in [0.25, 0.3) is 0 Å². The van der Waals surface area contributed by atoms with E-state index in [2.05, 4.69) is 6.92 Å². The number of carbonyl (C=O) groups excluding carboxylic acids is 1. The first-order valence-electron chi connectivity index (χ1n) is 9.33. The van der Waals surface area contributed by atoms with Crippen molar-refractivity contribution in [3.05, 3.63) is 22.8 Å². The van der Waals surface area contributed by atoms with Gasteiger partial charge in [0.2, 0.25) is 0 Å². The molecule has 2 nitrogen and oxygen atoms in total. The Morgan fingerprint density at radius 1 is 1.20 bits per heavy atom. The maximum Gasteiger partial charge on any atom is 0.417 e. The summed E-state index contributed by atoms with van der Waals surface area (Å²) in [6, 6.07) is 0. The summed E-state index contributed by atoms with van der Waals surface area (Å²) in [6.45, 7) is 3.75. The molecule has 2 fully saturated rings. The van der Waals surface area contributed by atoms with Gasteiger partial charge in [0.05, 0.1) is 0 Å². The number of halogens is 3. The lowest BCUT2D eigenvalue weighted by molar-refractivity contribution is -0.299. The Balaban J connectivity index is 1.78. The van der Waals surface area contributed by atoms with Gasteiger partial charge in [-0.3, -0.25) is 4.79 Å². The Kier molecular flexibility index (Phi) is 3.61. The molecule has 0 heterocycles. The molecule has 5 atom stereocenters. The van der Waals surface area contributed by atoms with E-state index >= 15 is 0 Å². The SMILES string of the molecule is CC1CC2=CC(=O)CCC2=C2CC[C@@]3(C)[C@@H](CCC3(O)C(F)(F)F)[C@@H]21. The van der Waals surface area contributed by atoms with E-state index in [1.165, 1.54) is 11.1 Å². The van der Waals surface area contributed by atoms with Crippen LogP contribution < -0.4 is 0 Å². The smallest absolute Gasteiger partial charge is 0.380 e. The Labute approximate surface area is 146 Å². The number of rotatable bonds is 0. The van der Waals surface area contributed by atoms with E-state index < -0.39 is 17.2 Å². The normalized spacial score (nSPS) is 44.2. The van der Waals surface area contributed by atoms with Crippen molar-refractivity contribution in [2.24, 2.45) is 23.2 Å². The van der Waals surface area contributed by atoms with Crippen LogP contribution in [0.1, 0.15) is 58.8 Å². The van der Waals surface area contributed by atoms with Gasteiger partial charge in [0.15, 0.2) is 11.4 Å². The van der Waals surface area contributed by atoms with Gasteiger partial charge < -0.3 is 5.11 Å². The van der Waals surface area contributed by atoms with Crippen molar-refractivity contribution in [1.82, 2.24) is 0 Å². The summed E-state index contributed by atoms with van der Waals surface area (Å²) in [5.41, 5.74) is -0.0413. The molecule has 1 N–H and O–H groups in total. The highest BCUT2D eigenvalue weighted by Crippen LogP contribution is 2.67. The predicted molar refractivity (Wildman–Crippen MR) is 87.7 cm³/mol. The Morgan fingerprint density at radius 2 is 1.92 bits per heavy atom. The highest BCUT2D eigenvalue weighted by atomic mass is 19.4. The summed E-state index contributed by atoms with van der Waals surface area (Å²) >= 11 is 0. The number of alkyl halides is 3. The Bertz CT molecular complexity index is 690. The lowest BCUT2D eigenvalue weighted by atomic mass is 9.52. The van der Waals surface area contributed by atoms with E-state index in [1.54, 1.807) is 13.0 Å². The number of fused-ring (bicyclic) bond motifs is 4. The maximum atomic E-state index is 13.7. The zero-order valence-corrected chi connectivity index (χ0v) is 14.7. The molecule has 5 heteroatoms. The fraction of sp³-hybridized carbons (Fsp3) is 0.750. The zero-order chi connectivity index (χ0) is 18.2. The minimum atomic E-state index is -4.58. The number of aliphatic hydroxyl groups is 1. The highest BCUT2D eigenvalue weighted by Gasteiger charge is 2.71. The Morgan fingerprint density at radius 3 is 2.60 bits per heavy atom. The Hall–Kier alpha value is -1.10. The first kappa shape index (κ1) is 17.3. The van der Waals surface area contributed by atoms with Crippen molar-refractivity contribution in [2.75, 3.05) is 0 Å². The summed E-state index contributed by atoms with van der Waals surface area (Å²) in [7, 11) is 0. The summed E-state index contributed by atoms with van der Waals surface area (Å²) in [5, 5.41) is 10.6. The van der Waals surface area contributed by atoms with Crippen molar-refractivity contribution in [2.45, 2.75) is 70.6 Å². The maximum absolute atomic E-state index is 13.7. The van der Waals surface area contributed by atoms with Crippen molar-refractivity contribution in [3.63, 3.8) is 0 Å². The van der Waals surface area contributed by atoms with Crippen molar-refractivity contribution < 1.29 is 23.1 Å². The lowest BCUT2D eigenvalue weighted by Crippen LogP contribution is -2.58. The van der Waals surface area contributed by atoms with Gasteiger partial charge in [0.25, 0.3) is 0 Å². The molecule has 2 saturated carbocycles. The summed E-state index contributed by atoms with van der Waals surface area (Å²) in [6.07, 6.45) is 0.411. The predicted octanol–water partition coefficient (Wildman–Crippen LogP) is 4.73. The topological polar surface area (TPSA) is 37.3 Å². The largest absolute Gasteiger partial charge is 0.417 e. The van der Waals surface area contributed by atoms with Gasteiger partial charge in [-0.2, -0.15) is 13.2 Å². The second-order valence-electron chi connectivity index (χ2n) is 8.77. The van der Waals surface area contributed by atoms with E-state index in [-0.39, 0.29) is 30.0 Å². The molecule has 25 heavy (non-hydrogen) atoms. The zero-order valence-electron chi connectivity index (χ0n) is 14.7. The third kappa shape index (κ3) is 2.17. The van der Waals surface area contributed by atoms with Crippen LogP contribution in [-0.2, 0) is 4.79 Å². The molecule has 4 aliphatic carbocycles. The molecule has 0 amide bonds. The van der Waals surface area contributed by atoms with Crippen LogP contribution >= 0.6 is 0 Å². The van der Waals surface area contributed by atoms with Gasteiger partial charge in [-0.15, -0.1) is 0 Å². The molecular weight excluding hydrogens is 329 g/mol. The van der Waals surface area contributed by atoms with Crippen LogP contribution in [0.4, 0.5) is 13.2 Å². The molecule has 4 aliphatic rings. The van der Waals surface area contributed by atoms with Gasteiger partial charge in [-0.25, -0.2) is 0 Å². The monoisotopic (exact) mass is 354 g/mol. The standard InChI is InChI=1S/C20H25F3O2/c1-11-9-12-10-13(24)3-4-14(12)15-5-7-18(2)16(17(11)15)6-8-19(18,25)20(21,22)23/h10-11,16-17,25H,3-9H2,1-2H3/t11?,16-,17+,18-,19?/m0/s1. The van der Waals surface area contributed by atoms with E-state index in [1.807, 2.05) is 0 Å². The number of allylic oxidation sites excluding steroid dienone is 4. The van der Waals surface area contributed by atoms with Crippen LogP contribution in [0.15, 0.2) is 22.8 Å². The molecule has 0 saturated heterocycles. The average molecular weight is 354 g/mol. The third-order valence-electron chi connectivity index (χ3n) is 7.69. The molecule has 0 aromatic carbocycles. The van der Waals surface area contributed by atoms with Crippen molar-refractivity contribution >= 4 is 5.78 Å². The number of hydrogen-bond acceptors (Lipinski definition) is 2. The second-order valence-corrected chi connectivity index (χ2v) is 8.77. The lowest BCUT2D eigenvalue weighted by Gasteiger charge is -2.53. The molecule has 0 radical (unpaired) electrons. The fourth-order valence-corrected chi connectivity index (χ4v) is 6.39. The summed E-state index contributed by atoms with van der Waals surface area (Å²) < 4.78 is 41.1. The molecule has 2 unspecified atom stereocenters. The van der Waals surface area contributed by atoms with E-state index in [9.17, 15) is 23.1 Å². The molecular formula is C20H25F3O2. The number of carbonyl (C=O) groups is 1. The van der Waals surface area contributed by atoms with E-state index in [0.717, 1.165) is 18.4 Å². The number of ketones is 1. The molecule has 0 aromatic rings. The van der Waals surface area contributed by atoms with Gasteiger partial charge >= 0.3 is 6.18 Å².